The molecule has 0 aromatic heterocycles. The highest BCUT2D eigenvalue weighted by Gasteiger charge is 2.32. The van der Waals surface area contributed by atoms with E-state index >= 15 is 0 Å². The number of fused-ring (bicyclic) bond motifs is 1. The average Bonchev–Trinajstić information content (AvgIpc) is 2.97. The number of likely N-dealkylation sites (tertiary alicyclic amines) is 1. The Morgan fingerprint density at radius 1 is 1.27 bits per heavy atom. The number of ether oxygens (including phenoxy) is 2. The Kier molecular flexibility index (Phi) is 4.24. The Hall–Kier alpha value is -1.76. The van der Waals surface area contributed by atoms with Gasteiger partial charge >= 0.3 is 0 Å². The summed E-state index contributed by atoms with van der Waals surface area (Å²) in [7, 11) is 0. The molecule has 0 radical (unpaired) electrons. The SMILES string of the molecule is CC(=O)N1CCCC1C(=O)Nc1cc2c(cc1Br)OCCO2. The zero-order valence-corrected chi connectivity index (χ0v) is 13.8. The number of nitrogens with one attached hydrogen (secondary N) is 1. The predicted octanol–water partition coefficient (Wildman–Crippen LogP) is 2.17. The lowest BCUT2D eigenvalue weighted by Gasteiger charge is -2.24. The van der Waals surface area contributed by atoms with E-state index in [4.69, 9.17) is 9.47 Å². The molecule has 1 N–H and O–H groups in total. The largest absolute Gasteiger partial charge is 0.486 e. The van der Waals surface area contributed by atoms with Crippen LogP contribution in [0.3, 0.4) is 0 Å². The molecular weight excluding hydrogens is 352 g/mol. The van der Waals surface area contributed by atoms with Gasteiger partial charge < -0.3 is 19.7 Å². The van der Waals surface area contributed by atoms with Crippen molar-refractivity contribution in [3.63, 3.8) is 0 Å². The molecule has 1 aromatic carbocycles. The van der Waals surface area contributed by atoms with Crippen LogP contribution in [0.2, 0.25) is 0 Å². The molecule has 6 nitrogen and oxygen atoms in total. The second-order valence-corrected chi connectivity index (χ2v) is 6.19. The first-order valence-electron chi connectivity index (χ1n) is 7.23. The van der Waals surface area contributed by atoms with Gasteiger partial charge in [-0.05, 0) is 28.8 Å². The molecule has 2 heterocycles. The number of hydrogen-bond acceptors (Lipinski definition) is 4. The van der Waals surface area contributed by atoms with Crippen molar-refractivity contribution in [3.8, 4) is 11.5 Å². The number of halogens is 1. The molecule has 2 aliphatic rings. The lowest BCUT2D eigenvalue weighted by molar-refractivity contribution is -0.134. The number of benzene rings is 1. The van der Waals surface area contributed by atoms with Gasteiger partial charge in [-0.15, -0.1) is 0 Å². The van der Waals surface area contributed by atoms with Crippen molar-refractivity contribution in [3.05, 3.63) is 16.6 Å². The van der Waals surface area contributed by atoms with Gasteiger partial charge in [0.2, 0.25) is 11.8 Å². The van der Waals surface area contributed by atoms with E-state index in [9.17, 15) is 9.59 Å². The molecule has 1 saturated heterocycles. The van der Waals surface area contributed by atoms with Crippen LogP contribution in [-0.4, -0.2) is 42.5 Å². The van der Waals surface area contributed by atoms with E-state index in [-0.39, 0.29) is 11.8 Å². The van der Waals surface area contributed by atoms with Crippen LogP contribution in [0.25, 0.3) is 0 Å². The van der Waals surface area contributed by atoms with Crippen LogP contribution in [0.5, 0.6) is 11.5 Å². The van der Waals surface area contributed by atoms with Crippen LogP contribution in [0.4, 0.5) is 5.69 Å². The highest BCUT2D eigenvalue weighted by atomic mass is 79.9. The fourth-order valence-electron chi connectivity index (χ4n) is 2.79. The third kappa shape index (κ3) is 2.90. The highest BCUT2D eigenvalue weighted by molar-refractivity contribution is 9.10. The van der Waals surface area contributed by atoms with Crippen molar-refractivity contribution in [2.45, 2.75) is 25.8 Å². The molecule has 0 bridgehead atoms. The van der Waals surface area contributed by atoms with Gasteiger partial charge in [0.1, 0.15) is 19.3 Å². The van der Waals surface area contributed by atoms with E-state index in [1.54, 1.807) is 17.0 Å². The summed E-state index contributed by atoms with van der Waals surface area (Å²) in [6.07, 6.45) is 1.54. The van der Waals surface area contributed by atoms with Crippen LogP contribution >= 0.6 is 15.9 Å². The van der Waals surface area contributed by atoms with Crippen LogP contribution in [0.1, 0.15) is 19.8 Å². The van der Waals surface area contributed by atoms with Crippen LogP contribution in [-0.2, 0) is 9.59 Å². The fourth-order valence-corrected chi connectivity index (χ4v) is 3.21. The van der Waals surface area contributed by atoms with Crippen molar-refractivity contribution < 1.29 is 19.1 Å². The number of anilines is 1. The summed E-state index contributed by atoms with van der Waals surface area (Å²) in [4.78, 5) is 25.6. The van der Waals surface area contributed by atoms with Gasteiger partial charge in [-0.2, -0.15) is 0 Å². The molecule has 7 heteroatoms. The molecular formula is C15H17BrN2O4. The molecule has 1 fully saturated rings. The van der Waals surface area contributed by atoms with Crippen LogP contribution in [0.15, 0.2) is 16.6 Å². The molecule has 0 spiro atoms. The van der Waals surface area contributed by atoms with Gasteiger partial charge in [0, 0.05) is 30.1 Å². The van der Waals surface area contributed by atoms with Crippen molar-refractivity contribution in [2.24, 2.45) is 0 Å². The lowest BCUT2D eigenvalue weighted by atomic mass is 10.2. The van der Waals surface area contributed by atoms with E-state index in [0.717, 1.165) is 10.9 Å². The number of amides is 2. The standard InChI is InChI=1S/C15H17BrN2O4/c1-9(19)18-4-2-3-12(18)15(20)17-11-8-14-13(7-10(11)16)21-5-6-22-14/h7-8,12H,2-6H2,1H3,(H,17,20). The average molecular weight is 369 g/mol. The minimum Gasteiger partial charge on any atom is -0.486 e. The predicted molar refractivity (Wildman–Crippen MR) is 84.2 cm³/mol. The zero-order valence-electron chi connectivity index (χ0n) is 12.2. The molecule has 2 amide bonds. The van der Waals surface area contributed by atoms with E-state index in [2.05, 4.69) is 21.2 Å². The summed E-state index contributed by atoms with van der Waals surface area (Å²) in [5, 5.41) is 2.87. The summed E-state index contributed by atoms with van der Waals surface area (Å²) in [5.74, 6) is 1.02. The molecule has 1 atom stereocenters. The second kappa shape index (κ2) is 6.16. The topological polar surface area (TPSA) is 67.9 Å². The van der Waals surface area contributed by atoms with E-state index in [0.29, 0.717) is 43.4 Å². The van der Waals surface area contributed by atoms with Gasteiger partial charge in [-0.25, -0.2) is 0 Å². The third-order valence-corrected chi connectivity index (χ3v) is 4.51. The molecule has 22 heavy (non-hydrogen) atoms. The highest BCUT2D eigenvalue weighted by Crippen LogP contribution is 2.38. The Morgan fingerprint density at radius 3 is 2.64 bits per heavy atom. The number of hydrogen-bond donors (Lipinski definition) is 1. The van der Waals surface area contributed by atoms with E-state index in [1.165, 1.54) is 6.92 Å². The number of nitrogens with zero attached hydrogens (tertiary/aromatic N) is 1. The minimum absolute atomic E-state index is 0.0705. The summed E-state index contributed by atoms with van der Waals surface area (Å²) in [5.41, 5.74) is 0.615. The first-order chi connectivity index (χ1) is 10.6. The normalized spacial score (nSPS) is 19.9. The first kappa shape index (κ1) is 15.1. The molecule has 0 saturated carbocycles. The molecule has 3 rings (SSSR count). The van der Waals surface area contributed by atoms with Gasteiger partial charge in [0.25, 0.3) is 0 Å². The molecule has 1 unspecified atom stereocenters. The minimum atomic E-state index is -0.405. The Morgan fingerprint density at radius 2 is 1.95 bits per heavy atom. The Bertz CT molecular complexity index is 620. The van der Waals surface area contributed by atoms with Gasteiger partial charge in [-0.3, -0.25) is 9.59 Å². The second-order valence-electron chi connectivity index (χ2n) is 5.34. The maximum absolute atomic E-state index is 12.5. The Balaban J connectivity index is 1.78. The number of carbonyl (C=O) groups is 2. The Labute approximate surface area is 136 Å². The lowest BCUT2D eigenvalue weighted by Crippen LogP contribution is -2.42. The molecule has 0 aliphatic carbocycles. The maximum Gasteiger partial charge on any atom is 0.247 e. The molecule has 118 valence electrons. The van der Waals surface area contributed by atoms with E-state index in [1.807, 2.05) is 0 Å². The zero-order chi connectivity index (χ0) is 15.7. The van der Waals surface area contributed by atoms with Gasteiger partial charge in [0.15, 0.2) is 11.5 Å². The van der Waals surface area contributed by atoms with Gasteiger partial charge in [-0.1, -0.05) is 0 Å². The third-order valence-electron chi connectivity index (χ3n) is 3.85. The number of rotatable bonds is 2. The smallest absolute Gasteiger partial charge is 0.247 e. The summed E-state index contributed by atoms with van der Waals surface area (Å²) >= 11 is 3.43. The first-order valence-corrected chi connectivity index (χ1v) is 8.03. The molecule has 2 aliphatic heterocycles. The van der Waals surface area contributed by atoms with Crippen molar-refractivity contribution in [2.75, 3.05) is 25.1 Å². The van der Waals surface area contributed by atoms with Gasteiger partial charge in [0.05, 0.1) is 5.69 Å². The number of carbonyl (C=O) groups excluding carboxylic acids is 2. The summed E-state index contributed by atoms with van der Waals surface area (Å²) < 4.78 is 11.7. The summed E-state index contributed by atoms with van der Waals surface area (Å²) in [6.45, 7) is 3.13. The summed E-state index contributed by atoms with van der Waals surface area (Å²) in [6, 6.07) is 3.11. The van der Waals surface area contributed by atoms with Crippen molar-refractivity contribution in [1.29, 1.82) is 0 Å². The van der Waals surface area contributed by atoms with Crippen LogP contribution in [0, 0.1) is 0 Å². The monoisotopic (exact) mass is 368 g/mol. The molecule has 1 aromatic rings. The maximum atomic E-state index is 12.5. The van der Waals surface area contributed by atoms with Crippen LogP contribution < -0.4 is 14.8 Å². The van der Waals surface area contributed by atoms with Crippen molar-refractivity contribution in [1.82, 2.24) is 4.90 Å². The quantitative estimate of drug-likeness (QED) is 0.868. The van der Waals surface area contributed by atoms with E-state index < -0.39 is 6.04 Å². The fraction of sp³-hybridized carbons (Fsp3) is 0.467. The van der Waals surface area contributed by atoms with Crippen molar-refractivity contribution >= 4 is 33.4 Å².